The van der Waals surface area contributed by atoms with Gasteiger partial charge in [-0.25, -0.2) is 5.43 Å². The van der Waals surface area contributed by atoms with Crippen LogP contribution in [0.2, 0.25) is 0 Å². The van der Waals surface area contributed by atoms with Crippen LogP contribution in [0.25, 0.3) is 0 Å². The van der Waals surface area contributed by atoms with Gasteiger partial charge in [0.2, 0.25) is 0 Å². The highest BCUT2D eigenvalue weighted by molar-refractivity contribution is 6.39. The maximum Gasteiger partial charge on any atom is 0.329 e. The third-order valence-corrected chi connectivity index (χ3v) is 3.45. The number of nitrogens with zero attached hydrogens (tertiary/aromatic N) is 1. The molecule has 0 heterocycles. The molecule has 8 heteroatoms. The van der Waals surface area contributed by atoms with Gasteiger partial charge < -0.3 is 19.5 Å². The quantitative estimate of drug-likeness (QED) is 0.442. The summed E-state index contributed by atoms with van der Waals surface area (Å²) in [5.74, 6) is -0.242. The zero-order chi connectivity index (χ0) is 19.6. The molecule has 0 radical (unpaired) electrons. The number of anilines is 1. The molecular weight excluding hydrogens is 350 g/mol. The van der Waals surface area contributed by atoms with E-state index in [0.29, 0.717) is 35.1 Å². The van der Waals surface area contributed by atoms with Gasteiger partial charge in [-0.3, -0.25) is 9.59 Å². The monoisotopic (exact) mass is 371 g/mol. The molecule has 8 nitrogen and oxygen atoms in total. The summed E-state index contributed by atoms with van der Waals surface area (Å²) < 4.78 is 15.7. The Bertz CT molecular complexity index is 836. The van der Waals surface area contributed by atoms with E-state index in [1.807, 2.05) is 19.1 Å². The first-order valence-electron chi connectivity index (χ1n) is 8.17. The molecule has 142 valence electrons. The number of para-hydroxylation sites is 1. The summed E-state index contributed by atoms with van der Waals surface area (Å²) in [5.41, 5.74) is 3.19. The number of hydrazone groups is 1. The molecule has 0 bridgehead atoms. The van der Waals surface area contributed by atoms with Crippen LogP contribution in [0.4, 0.5) is 5.69 Å². The highest BCUT2D eigenvalue weighted by Gasteiger charge is 2.15. The number of hydrogen-bond acceptors (Lipinski definition) is 6. The van der Waals surface area contributed by atoms with E-state index >= 15 is 0 Å². The second-order valence-electron chi connectivity index (χ2n) is 5.19. The van der Waals surface area contributed by atoms with Gasteiger partial charge in [-0.15, -0.1) is 0 Å². The largest absolute Gasteiger partial charge is 0.497 e. The molecule has 0 saturated carbocycles. The molecule has 0 atom stereocenters. The van der Waals surface area contributed by atoms with E-state index in [2.05, 4.69) is 15.8 Å². The molecule has 27 heavy (non-hydrogen) atoms. The smallest absolute Gasteiger partial charge is 0.329 e. The molecule has 0 saturated heterocycles. The normalized spacial score (nSPS) is 10.3. The highest BCUT2D eigenvalue weighted by atomic mass is 16.5. The van der Waals surface area contributed by atoms with Crippen LogP contribution in [0.1, 0.15) is 12.5 Å². The van der Waals surface area contributed by atoms with E-state index in [9.17, 15) is 9.59 Å². The zero-order valence-corrected chi connectivity index (χ0v) is 15.3. The number of methoxy groups -OCH3 is 2. The van der Waals surface area contributed by atoms with Gasteiger partial charge in [0.15, 0.2) is 0 Å². The van der Waals surface area contributed by atoms with Gasteiger partial charge in [0.25, 0.3) is 0 Å². The van der Waals surface area contributed by atoms with E-state index in [-0.39, 0.29) is 0 Å². The molecule has 0 aliphatic rings. The van der Waals surface area contributed by atoms with Crippen LogP contribution in [-0.4, -0.2) is 38.9 Å². The Kier molecular flexibility index (Phi) is 7.18. The summed E-state index contributed by atoms with van der Waals surface area (Å²) in [5, 5.41) is 6.26. The van der Waals surface area contributed by atoms with Crippen LogP contribution in [-0.2, 0) is 9.59 Å². The predicted octanol–water partition coefficient (Wildman–Crippen LogP) is 2.19. The Morgan fingerprint density at radius 1 is 1.04 bits per heavy atom. The van der Waals surface area contributed by atoms with Crippen molar-refractivity contribution in [3.05, 3.63) is 48.0 Å². The summed E-state index contributed by atoms with van der Waals surface area (Å²) >= 11 is 0. The fourth-order valence-corrected chi connectivity index (χ4v) is 2.17. The van der Waals surface area contributed by atoms with Gasteiger partial charge in [0.1, 0.15) is 17.2 Å². The van der Waals surface area contributed by atoms with Crippen molar-refractivity contribution in [2.24, 2.45) is 5.10 Å². The first-order valence-corrected chi connectivity index (χ1v) is 8.17. The molecule has 0 unspecified atom stereocenters. The van der Waals surface area contributed by atoms with Gasteiger partial charge in [0.05, 0.1) is 32.7 Å². The van der Waals surface area contributed by atoms with E-state index in [4.69, 9.17) is 14.2 Å². The number of rotatable bonds is 7. The third kappa shape index (κ3) is 5.46. The number of carbonyl (C=O) groups excluding carboxylic acids is 2. The molecule has 0 aliphatic carbocycles. The lowest BCUT2D eigenvalue weighted by Crippen LogP contribution is -2.32. The standard InChI is InChI=1S/C19H21N3O5/c1-4-27-16-8-6-5-7-13(16)12-20-22-19(24)18(23)21-15-10-9-14(25-2)11-17(15)26-3/h5-12H,4H2,1-3H3,(H,21,23)(H,22,24)/b20-12-. The fourth-order valence-electron chi connectivity index (χ4n) is 2.17. The van der Waals surface area contributed by atoms with Crippen molar-refractivity contribution in [2.75, 3.05) is 26.1 Å². The van der Waals surface area contributed by atoms with Crippen molar-refractivity contribution in [3.63, 3.8) is 0 Å². The van der Waals surface area contributed by atoms with Crippen LogP contribution in [0.3, 0.4) is 0 Å². The van der Waals surface area contributed by atoms with Crippen LogP contribution >= 0.6 is 0 Å². The molecule has 2 amide bonds. The maximum atomic E-state index is 12.0. The topological polar surface area (TPSA) is 98.2 Å². The fraction of sp³-hybridized carbons (Fsp3) is 0.211. The zero-order valence-electron chi connectivity index (χ0n) is 15.3. The van der Waals surface area contributed by atoms with Crippen LogP contribution < -0.4 is 25.0 Å². The van der Waals surface area contributed by atoms with E-state index in [1.165, 1.54) is 20.4 Å². The second kappa shape index (κ2) is 9.81. The molecule has 0 aromatic heterocycles. The number of carbonyl (C=O) groups is 2. The van der Waals surface area contributed by atoms with Crippen molar-refractivity contribution >= 4 is 23.7 Å². The Balaban J connectivity index is 1.99. The van der Waals surface area contributed by atoms with E-state index in [0.717, 1.165) is 0 Å². The van der Waals surface area contributed by atoms with Crippen LogP contribution in [0, 0.1) is 0 Å². The molecule has 0 aliphatic heterocycles. The van der Waals surface area contributed by atoms with Gasteiger partial charge in [-0.05, 0) is 31.2 Å². The van der Waals surface area contributed by atoms with Gasteiger partial charge in [-0.1, -0.05) is 12.1 Å². The van der Waals surface area contributed by atoms with Crippen LogP contribution in [0.5, 0.6) is 17.2 Å². The van der Waals surface area contributed by atoms with Gasteiger partial charge in [0, 0.05) is 11.6 Å². The van der Waals surface area contributed by atoms with Gasteiger partial charge >= 0.3 is 11.8 Å². The number of nitrogens with one attached hydrogen (secondary N) is 2. The molecule has 2 N–H and O–H groups in total. The Morgan fingerprint density at radius 2 is 1.81 bits per heavy atom. The average molecular weight is 371 g/mol. The third-order valence-electron chi connectivity index (χ3n) is 3.45. The second-order valence-corrected chi connectivity index (χ2v) is 5.19. The lowest BCUT2D eigenvalue weighted by atomic mass is 10.2. The maximum absolute atomic E-state index is 12.0. The minimum atomic E-state index is -0.919. The minimum Gasteiger partial charge on any atom is -0.497 e. The van der Waals surface area contributed by atoms with E-state index in [1.54, 1.807) is 30.3 Å². The summed E-state index contributed by atoms with van der Waals surface area (Å²) in [6.45, 7) is 2.37. The van der Waals surface area contributed by atoms with Crippen molar-refractivity contribution in [3.8, 4) is 17.2 Å². The molecule has 2 rings (SSSR count). The molecule has 0 spiro atoms. The van der Waals surface area contributed by atoms with Crippen molar-refractivity contribution in [2.45, 2.75) is 6.92 Å². The summed E-state index contributed by atoms with van der Waals surface area (Å²) in [4.78, 5) is 24.0. The summed E-state index contributed by atoms with van der Waals surface area (Å²) in [6, 6.07) is 12.0. The van der Waals surface area contributed by atoms with Gasteiger partial charge in [-0.2, -0.15) is 5.10 Å². The SMILES string of the molecule is CCOc1ccccc1/C=N\NC(=O)C(=O)Nc1ccc(OC)cc1OC. The Morgan fingerprint density at radius 3 is 2.52 bits per heavy atom. The minimum absolute atomic E-state index is 0.337. The number of ether oxygens (including phenoxy) is 3. The number of benzene rings is 2. The molecule has 2 aromatic rings. The molecule has 2 aromatic carbocycles. The van der Waals surface area contributed by atoms with Crippen molar-refractivity contribution in [1.82, 2.24) is 5.43 Å². The summed E-state index contributed by atoms with van der Waals surface area (Å²) in [6.07, 6.45) is 1.41. The predicted molar refractivity (Wildman–Crippen MR) is 102 cm³/mol. The number of amides is 2. The summed E-state index contributed by atoms with van der Waals surface area (Å²) in [7, 11) is 2.97. The number of hydrogen-bond donors (Lipinski definition) is 2. The molecule has 0 fully saturated rings. The van der Waals surface area contributed by atoms with Crippen molar-refractivity contribution in [1.29, 1.82) is 0 Å². The Labute approximate surface area is 157 Å². The lowest BCUT2D eigenvalue weighted by Gasteiger charge is -2.11. The lowest BCUT2D eigenvalue weighted by molar-refractivity contribution is -0.136. The first kappa shape index (κ1) is 19.8. The average Bonchev–Trinajstić information content (AvgIpc) is 2.69. The molecular formula is C19H21N3O5. The first-order chi connectivity index (χ1) is 13.1. The highest BCUT2D eigenvalue weighted by Crippen LogP contribution is 2.28. The van der Waals surface area contributed by atoms with Crippen molar-refractivity contribution < 1.29 is 23.8 Å². The Hall–Kier alpha value is -3.55. The van der Waals surface area contributed by atoms with E-state index < -0.39 is 11.8 Å². The van der Waals surface area contributed by atoms with Crippen LogP contribution in [0.15, 0.2) is 47.6 Å².